The Labute approximate surface area is 311 Å². The number of hydrogen-bond acceptors (Lipinski definition) is 2. The van der Waals surface area contributed by atoms with Crippen LogP contribution < -0.4 is 10.6 Å². The average molecular weight is 679 g/mol. The van der Waals surface area contributed by atoms with Crippen LogP contribution in [0.3, 0.4) is 0 Å². The van der Waals surface area contributed by atoms with E-state index in [0.717, 1.165) is 5.70 Å². The second-order valence-electron chi connectivity index (χ2n) is 14.1. The molecule has 0 fully saturated rings. The van der Waals surface area contributed by atoms with Crippen molar-refractivity contribution in [2.75, 3.05) is 0 Å². The molecule has 0 spiro atoms. The van der Waals surface area contributed by atoms with Crippen LogP contribution in [0.5, 0.6) is 0 Å². The van der Waals surface area contributed by atoms with Crippen LogP contribution >= 0.6 is 0 Å². The van der Waals surface area contributed by atoms with Gasteiger partial charge < -0.3 is 5.32 Å². The van der Waals surface area contributed by atoms with Crippen molar-refractivity contribution in [3.05, 3.63) is 245 Å². The molecule has 2 nitrogen and oxygen atoms in total. The second kappa shape index (κ2) is 12.9. The maximum atomic E-state index is 3.98. The van der Waals surface area contributed by atoms with E-state index in [0.29, 0.717) is 0 Å². The molecule has 2 N–H and O–H groups in total. The highest BCUT2D eigenvalue weighted by Crippen LogP contribution is 2.60. The van der Waals surface area contributed by atoms with Gasteiger partial charge in [-0.05, 0) is 84.1 Å². The van der Waals surface area contributed by atoms with Crippen molar-refractivity contribution in [1.29, 1.82) is 0 Å². The summed E-state index contributed by atoms with van der Waals surface area (Å²) in [4.78, 5) is 0. The summed E-state index contributed by atoms with van der Waals surface area (Å²) in [5, 5.41) is 10.3. The lowest BCUT2D eigenvalue weighted by Crippen LogP contribution is -2.39. The molecule has 2 atom stereocenters. The molecule has 0 amide bonds. The van der Waals surface area contributed by atoms with E-state index in [-0.39, 0.29) is 12.2 Å². The molecule has 0 radical (unpaired) electrons. The van der Waals surface area contributed by atoms with Crippen LogP contribution in [0.4, 0.5) is 0 Å². The molecule has 0 aromatic heterocycles. The fraction of sp³-hybridized carbons (Fsp3) is 0.0588. The summed E-state index contributed by atoms with van der Waals surface area (Å²) in [6, 6.07) is 73.2. The van der Waals surface area contributed by atoms with E-state index >= 15 is 0 Å². The van der Waals surface area contributed by atoms with E-state index < -0.39 is 5.41 Å². The number of hydrogen-bond donors (Lipinski definition) is 2. The maximum Gasteiger partial charge on any atom is 0.104 e. The highest BCUT2D eigenvalue weighted by Gasteiger charge is 2.48. The molecule has 53 heavy (non-hydrogen) atoms. The molecule has 0 bridgehead atoms. The first kappa shape index (κ1) is 31.3. The van der Waals surface area contributed by atoms with Gasteiger partial charge >= 0.3 is 0 Å². The van der Waals surface area contributed by atoms with Crippen LogP contribution in [-0.4, -0.2) is 0 Å². The number of rotatable bonds is 6. The van der Waals surface area contributed by atoms with Crippen molar-refractivity contribution in [3.63, 3.8) is 0 Å². The Morgan fingerprint density at radius 3 is 1.66 bits per heavy atom. The van der Waals surface area contributed by atoms with Crippen LogP contribution in [0.1, 0.15) is 51.2 Å². The fourth-order valence-electron chi connectivity index (χ4n) is 8.88. The Morgan fingerprint density at radius 1 is 0.434 bits per heavy atom. The zero-order valence-corrected chi connectivity index (χ0v) is 29.3. The van der Waals surface area contributed by atoms with Gasteiger partial charge in [-0.15, -0.1) is 0 Å². The highest BCUT2D eigenvalue weighted by atomic mass is 15.2. The lowest BCUT2D eigenvalue weighted by molar-refractivity contribution is 0.442. The van der Waals surface area contributed by atoms with E-state index in [1.165, 1.54) is 72.0 Å². The third-order valence-electron chi connectivity index (χ3n) is 11.2. The molecule has 1 heterocycles. The summed E-state index contributed by atoms with van der Waals surface area (Å²) in [5.41, 5.74) is 14.5. The molecule has 10 rings (SSSR count). The molecule has 2 heteroatoms. The first-order valence-corrected chi connectivity index (χ1v) is 18.5. The topological polar surface area (TPSA) is 24.1 Å². The lowest BCUT2D eigenvalue weighted by Gasteiger charge is -2.36. The molecule has 252 valence electrons. The van der Waals surface area contributed by atoms with Crippen LogP contribution in [0.25, 0.3) is 38.7 Å². The third-order valence-corrected chi connectivity index (χ3v) is 11.2. The number of fused-ring (bicyclic) bond motifs is 4. The van der Waals surface area contributed by atoms with Crippen LogP contribution in [0, 0.1) is 0 Å². The molecular weight excluding hydrogens is 641 g/mol. The summed E-state index contributed by atoms with van der Waals surface area (Å²) in [5.74, 6) is 0. The van der Waals surface area contributed by atoms with Crippen molar-refractivity contribution < 1.29 is 0 Å². The van der Waals surface area contributed by atoms with Crippen LogP contribution in [0.2, 0.25) is 0 Å². The minimum Gasteiger partial charge on any atom is -0.366 e. The summed E-state index contributed by atoms with van der Waals surface area (Å²) in [7, 11) is 0. The molecule has 2 unspecified atom stereocenters. The van der Waals surface area contributed by atoms with Gasteiger partial charge in [-0.25, -0.2) is 0 Å². The standard InChI is InChI=1S/C51H38N2/c1-6-18-35(19-7-1)46-34-47(53-50(52-46)37-22-10-3-11-23-37)39-30-31-43-44(33-39)51(40-25-12-4-13-26-40,41-27-14-5-15-28-41)45-32-38-24-16-17-29-42(38)48(49(43)45)36-20-8-2-9-21-36/h1-34,47,50,52-53H. The molecule has 1 aliphatic heterocycles. The average Bonchev–Trinajstić information content (AvgIpc) is 3.54. The van der Waals surface area contributed by atoms with E-state index in [1.54, 1.807) is 0 Å². The van der Waals surface area contributed by atoms with Gasteiger partial charge in [0.25, 0.3) is 0 Å². The van der Waals surface area contributed by atoms with Crippen molar-refractivity contribution in [3.8, 4) is 22.3 Å². The number of nitrogens with one attached hydrogen (secondary N) is 2. The van der Waals surface area contributed by atoms with Gasteiger partial charge in [-0.1, -0.05) is 194 Å². The molecule has 2 aliphatic rings. The predicted octanol–water partition coefficient (Wildman–Crippen LogP) is 11.8. The van der Waals surface area contributed by atoms with Gasteiger partial charge in [0.1, 0.15) is 6.17 Å². The maximum absolute atomic E-state index is 3.98. The van der Waals surface area contributed by atoms with Crippen molar-refractivity contribution in [1.82, 2.24) is 10.6 Å². The monoisotopic (exact) mass is 678 g/mol. The third kappa shape index (κ3) is 5.14. The van der Waals surface area contributed by atoms with Gasteiger partial charge in [-0.2, -0.15) is 0 Å². The molecule has 1 aliphatic carbocycles. The zero-order valence-electron chi connectivity index (χ0n) is 29.3. The quantitative estimate of drug-likeness (QED) is 0.183. The normalized spacial score (nSPS) is 17.0. The van der Waals surface area contributed by atoms with Gasteiger partial charge in [0.05, 0.1) is 11.5 Å². The van der Waals surface area contributed by atoms with E-state index in [1.807, 2.05) is 0 Å². The predicted molar refractivity (Wildman–Crippen MR) is 219 cm³/mol. The Hall–Kier alpha value is -6.48. The molecule has 8 aromatic rings. The molecule has 0 saturated heterocycles. The fourth-order valence-corrected chi connectivity index (χ4v) is 8.88. The minimum atomic E-state index is -0.547. The summed E-state index contributed by atoms with van der Waals surface area (Å²) >= 11 is 0. The highest BCUT2D eigenvalue weighted by molar-refractivity contribution is 6.09. The smallest absolute Gasteiger partial charge is 0.104 e. The van der Waals surface area contributed by atoms with E-state index in [9.17, 15) is 0 Å². The van der Waals surface area contributed by atoms with Crippen molar-refractivity contribution in [2.24, 2.45) is 0 Å². The first-order chi connectivity index (χ1) is 26.3. The molecular formula is C51H38N2. The van der Waals surface area contributed by atoms with Gasteiger partial charge in [0.2, 0.25) is 0 Å². The summed E-state index contributed by atoms with van der Waals surface area (Å²) in [6.45, 7) is 0. The van der Waals surface area contributed by atoms with Crippen LogP contribution in [-0.2, 0) is 5.41 Å². The first-order valence-electron chi connectivity index (χ1n) is 18.5. The zero-order chi connectivity index (χ0) is 35.2. The molecule has 8 aromatic carbocycles. The van der Waals surface area contributed by atoms with Crippen LogP contribution in [0.15, 0.2) is 206 Å². The minimum absolute atomic E-state index is 0.0393. The van der Waals surface area contributed by atoms with Crippen molar-refractivity contribution in [2.45, 2.75) is 17.6 Å². The Balaban J connectivity index is 1.27. The summed E-state index contributed by atoms with van der Waals surface area (Å²) < 4.78 is 0. The van der Waals surface area contributed by atoms with E-state index in [2.05, 4.69) is 217 Å². The Bertz CT molecular complexity index is 2560. The van der Waals surface area contributed by atoms with Gasteiger partial charge in [0.15, 0.2) is 0 Å². The summed E-state index contributed by atoms with van der Waals surface area (Å²) in [6.07, 6.45) is 2.30. The Morgan fingerprint density at radius 2 is 1.00 bits per heavy atom. The van der Waals surface area contributed by atoms with Crippen molar-refractivity contribution >= 4 is 16.5 Å². The molecule has 0 saturated carbocycles. The van der Waals surface area contributed by atoms with Gasteiger partial charge in [-0.3, -0.25) is 5.32 Å². The van der Waals surface area contributed by atoms with E-state index in [4.69, 9.17) is 0 Å². The second-order valence-corrected chi connectivity index (χ2v) is 14.1. The lowest BCUT2D eigenvalue weighted by atomic mass is 9.67. The SMILES string of the molecule is C1=C(c2ccccc2)NC(c2ccccc2)NC1c1ccc2c(c1)C(c1ccccc1)(c1ccccc1)c1cc3ccccc3c(-c3ccccc3)c1-2. The largest absolute Gasteiger partial charge is 0.366 e. The van der Waals surface area contributed by atoms with Gasteiger partial charge in [0, 0.05) is 5.70 Å². The Kier molecular flexibility index (Phi) is 7.63. The number of benzene rings is 8.